The third kappa shape index (κ3) is 4.95. The quantitative estimate of drug-likeness (QED) is 0.837. The second-order valence-electron chi connectivity index (χ2n) is 5.73. The van der Waals surface area contributed by atoms with Gasteiger partial charge in [0.15, 0.2) is 0 Å². The lowest BCUT2D eigenvalue weighted by Crippen LogP contribution is -2.35. The van der Waals surface area contributed by atoms with Gasteiger partial charge in [-0.25, -0.2) is 0 Å². The Morgan fingerprint density at radius 3 is 2.47 bits per heavy atom. The van der Waals surface area contributed by atoms with Crippen LogP contribution in [0.5, 0.6) is 0 Å². The molecule has 0 bridgehead atoms. The van der Waals surface area contributed by atoms with Crippen molar-refractivity contribution in [3.63, 3.8) is 0 Å². The average molecular weight is 369 g/mol. The van der Waals surface area contributed by atoms with Crippen molar-refractivity contribution in [3.05, 3.63) is 51.4 Å². The Labute approximate surface area is 128 Å². The summed E-state index contributed by atoms with van der Waals surface area (Å²) < 4.78 is 3.25. The highest BCUT2D eigenvalue weighted by molar-refractivity contribution is 14.1. The van der Waals surface area contributed by atoms with Crippen LogP contribution in [-0.2, 0) is 13.1 Å². The summed E-state index contributed by atoms with van der Waals surface area (Å²) in [6.07, 6.45) is 2.04. The molecule has 2 aromatic rings. The summed E-state index contributed by atoms with van der Waals surface area (Å²) in [5.74, 6) is 0. The molecular weight excluding hydrogens is 349 g/mol. The van der Waals surface area contributed by atoms with E-state index in [1.807, 2.05) is 10.9 Å². The minimum Gasteiger partial charge on any atom is -0.306 e. The van der Waals surface area contributed by atoms with Crippen molar-refractivity contribution in [1.29, 1.82) is 0 Å². The van der Waals surface area contributed by atoms with Gasteiger partial charge in [0.1, 0.15) is 0 Å². The van der Waals surface area contributed by atoms with Gasteiger partial charge in [0.05, 0.1) is 12.2 Å². The molecule has 0 spiro atoms. The topological polar surface area (TPSA) is 29.9 Å². The molecule has 0 aliphatic heterocycles. The lowest BCUT2D eigenvalue weighted by Gasteiger charge is -2.19. The first kappa shape index (κ1) is 14.5. The maximum atomic E-state index is 4.58. The Balaban J connectivity index is 1.95. The van der Waals surface area contributed by atoms with Crippen LogP contribution in [-0.4, -0.2) is 15.3 Å². The summed E-state index contributed by atoms with van der Waals surface area (Å²) in [7, 11) is 0. The Hall–Kier alpha value is -0.880. The van der Waals surface area contributed by atoms with Crippen molar-refractivity contribution in [2.45, 2.75) is 39.4 Å². The first-order valence-electron chi connectivity index (χ1n) is 6.44. The largest absolute Gasteiger partial charge is 0.306 e. The SMILES string of the molecule is CC(C)(C)NCc1ccn(Cc2ccc(I)cc2)n1. The maximum Gasteiger partial charge on any atom is 0.0762 e. The molecule has 3 nitrogen and oxygen atoms in total. The van der Waals surface area contributed by atoms with Gasteiger partial charge in [-0.3, -0.25) is 4.68 Å². The lowest BCUT2D eigenvalue weighted by molar-refractivity contribution is 0.419. The summed E-state index contributed by atoms with van der Waals surface area (Å²) in [5.41, 5.74) is 2.49. The molecule has 2 rings (SSSR count). The molecule has 102 valence electrons. The van der Waals surface area contributed by atoms with Crippen LogP contribution in [0, 0.1) is 3.57 Å². The lowest BCUT2D eigenvalue weighted by atomic mass is 10.1. The molecule has 0 atom stereocenters. The van der Waals surface area contributed by atoms with Crippen LogP contribution in [0.25, 0.3) is 0 Å². The summed E-state index contributed by atoms with van der Waals surface area (Å²) in [4.78, 5) is 0. The van der Waals surface area contributed by atoms with Crippen molar-refractivity contribution >= 4 is 22.6 Å². The average Bonchev–Trinajstić information content (AvgIpc) is 2.77. The molecule has 1 heterocycles. The van der Waals surface area contributed by atoms with Gasteiger partial charge in [-0.05, 0) is 67.1 Å². The first-order chi connectivity index (χ1) is 8.92. The number of hydrogen-bond acceptors (Lipinski definition) is 2. The van der Waals surface area contributed by atoms with Gasteiger partial charge in [0, 0.05) is 21.9 Å². The van der Waals surface area contributed by atoms with Crippen molar-refractivity contribution in [2.24, 2.45) is 0 Å². The van der Waals surface area contributed by atoms with Gasteiger partial charge in [-0.15, -0.1) is 0 Å². The minimum atomic E-state index is 0.125. The Bertz CT molecular complexity index is 523. The van der Waals surface area contributed by atoms with Crippen LogP contribution >= 0.6 is 22.6 Å². The fourth-order valence-electron chi connectivity index (χ4n) is 1.72. The zero-order valence-corrected chi connectivity index (χ0v) is 13.8. The van der Waals surface area contributed by atoms with Crippen LogP contribution in [0.2, 0.25) is 0 Å². The molecule has 0 aliphatic rings. The summed E-state index contributed by atoms with van der Waals surface area (Å²) in [5, 5.41) is 8.03. The fraction of sp³-hybridized carbons (Fsp3) is 0.400. The van der Waals surface area contributed by atoms with Gasteiger partial charge < -0.3 is 5.32 Å². The van der Waals surface area contributed by atoms with Gasteiger partial charge >= 0.3 is 0 Å². The zero-order chi connectivity index (χ0) is 13.9. The Kier molecular flexibility index (Phi) is 4.62. The predicted molar refractivity (Wildman–Crippen MR) is 87.1 cm³/mol. The van der Waals surface area contributed by atoms with Crippen LogP contribution in [0.3, 0.4) is 0 Å². The molecule has 0 saturated carbocycles. The summed E-state index contributed by atoms with van der Waals surface area (Å²) in [6.45, 7) is 8.12. The van der Waals surface area contributed by atoms with E-state index in [2.05, 4.69) is 84.1 Å². The van der Waals surface area contributed by atoms with E-state index in [-0.39, 0.29) is 5.54 Å². The van der Waals surface area contributed by atoms with Crippen LogP contribution in [0.4, 0.5) is 0 Å². The number of benzene rings is 1. The van der Waals surface area contributed by atoms with Crippen LogP contribution < -0.4 is 5.32 Å². The number of rotatable bonds is 4. The van der Waals surface area contributed by atoms with E-state index in [4.69, 9.17) is 0 Å². The molecular formula is C15H20IN3. The van der Waals surface area contributed by atoms with Crippen molar-refractivity contribution < 1.29 is 0 Å². The Morgan fingerprint density at radius 1 is 1.16 bits per heavy atom. The maximum absolute atomic E-state index is 4.58. The minimum absolute atomic E-state index is 0.125. The van der Waals surface area contributed by atoms with Crippen LogP contribution in [0.15, 0.2) is 36.5 Å². The van der Waals surface area contributed by atoms with Crippen molar-refractivity contribution in [2.75, 3.05) is 0 Å². The number of hydrogen-bond donors (Lipinski definition) is 1. The fourth-order valence-corrected chi connectivity index (χ4v) is 2.08. The van der Waals surface area contributed by atoms with Crippen molar-refractivity contribution in [1.82, 2.24) is 15.1 Å². The highest BCUT2D eigenvalue weighted by Crippen LogP contribution is 2.09. The van der Waals surface area contributed by atoms with Gasteiger partial charge in [-0.1, -0.05) is 12.1 Å². The number of aromatic nitrogens is 2. The number of nitrogens with zero attached hydrogens (tertiary/aromatic N) is 2. The highest BCUT2D eigenvalue weighted by Gasteiger charge is 2.09. The van der Waals surface area contributed by atoms with Gasteiger partial charge in [0.25, 0.3) is 0 Å². The molecule has 1 N–H and O–H groups in total. The summed E-state index contributed by atoms with van der Waals surface area (Å²) >= 11 is 2.32. The molecule has 1 aromatic heterocycles. The molecule has 0 radical (unpaired) electrons. The standard InChI is InChI=1S/C15H20IN3/c1-15(2,3)17-10-14-8-9-19(18-14)11-12-4-6-13(16)7-5-12/h4-9,17H,10-11H2,1-3H3. The predicted octanol–water partition coefficient (Wildman–Crippen LogP) is 3.42. The van der Waals surface area contributed by atoms with E-state index < -0.39 is 0 Å². The van der Waals surface area contributed by atoms with Gasteiger partial charge in [0.2, 0.25) is 0 Å². The van der Waals surface area contributed by atoms with E-state index in [0.29, 0.717) is 0 Å². The van der Waals surface area contributed by atoms with E-state index in [1.54, 1.807) is 0 Å². The van der Waals surface area contributed by atoms with Crippen molar-refractivity contribution in [3.8, 4) is 0 Å². The van der Waals surface area contributed by atoms with E-state index >= 15 is 0 Å². The molecule has 19 heavy (non-hydrogen) atoms. The number of halogens is 1. The monoisotopic (exact) mass is 369 g/mol. The summed E-state index contributed by atoms with van der Waals surface area (Å²) in [6, 6.07) is 10.6. The molecule has 0 saturated heterocycles. The third-order valence-electron chi connectivity index (χ3n) is 2.75. The van der Waals surface area contributed by atoms with Gasteiger partial charge in [-0.2, -0.15) is 5.10 Å². The second kappa shape index (κ2) is 6.05. The van der Waals surface area contributed by atoms with E-state index in [9.17, 15) is 0 Å². The smallest absolute Gasteiger partial charge is 0.0762 e. The van der Waals surface area contributed by atoms with E-state index in [0.717, 1.165) is 18.8 Å². The molecule has 4 heteroatoms. The molecule has 0 fully saturated rings. The molecule has 0 amide bonds. The third-order valence-corrected chi connectivity index (χ3v) is 3.47. The first-order valence-corrected chi connectivity index (χ1v) is 7.52. The number of nitrogens with one attached hydrogen (secondary N) is 1. The molecule has 1 aromatic carbocycles. The Morgan fingerprint density at radius 2 is 1.84 bits per heavy atom. The highest BCUT2D eigenvalue weighted by atomic mass is 127. The normalized spacial score (nSPS) is 11.8. The zero-order valence-electron chi connectivity index (χ0n) is 11.7. The van der Waals surface area contributed by atoms with Crippen LogP contribution in [0.1, 0.15) is 32.0 Å². The molecule has 0 unspecified atom stereocenters. The second-order valence-corrected chi connectivity index (χ2v) is 6.98. The molecule has 0 aliphatic carbocycles. The van der Waals surface area contributed by atoms with E-state index in [1.165, 1.54) is 9.13 Å².